The molecule has 1 amide bonds. The summed E-state index contributed by atoms with van der Waals surface area (Å²) in [4.78, 5) is 18.3. The minimum atomic E-state index is -0.161. The van der Waals surface area contributed by atoms with Gasteiger partial charge < -0.3 is 14.2 Å². The van der Waals surface area contributed by atoms with Crippen molar-refractivity contribution in [2.75, 3.05) is 19.7 Å². The second-order valence-corrected chi connectivity index (χ2v) is 6.59. The summed E-state index contributed by atoms with van der Waals surface area (Å²) in [5.74, 6) is 0.156. The Morgan fingerprint density at radius 1 is 1.33 bits per heavy atom. The van der Waals surface area contributed by atoms with E-state index in [1.165, 1.54) is 0 Å². The van der Waals surface area contributed by atoms with Crippen molar-refractivity contribution in [2.45, 2.75) is 25.5 Å². The molecule has 5 nitrogen and oxygen atoms in total. The first kappa shape index (κ1) is 17.3. The van der Waals surface area contributed by atoms with Crippen LogP contribution >= 0.6 is 23.2 Å². The SMILES string of the molecule is O=C(CCCn1ccnc1)N1CCOC(c2ccc(Cl)c(Cl)c2)C1. The van der Waals surface area contributed by atoms with Gasteiger partial charge in [0.25, 0.3) is 0 Å². The summed E-state index contributed by atoms with van der Waals surface area (Å²) >= 11 is 12.0. The average molecular weight is 368 g/mol. The molecule has 0 spiro atoms. The van der Waals surface area contributed by atoms with E-state index in [4.69, 9.17) is 27.9 Å². The van der Waals surface area contributed by atoms with Crippen molar-refractivity contribution in [3.8, 4) is 0 Å². The van der Waals surface area contributed by atoms with Crippen molar-refractivity contribution >= 4 is 29.1 Å². The number of halogens is 2. The zero-order valence-electron chi connectivity index (χ0n) is 13.2. The quantitative estimate of drug-likeness (QED) is 0.811. The summed E-state index contributed by atoms with van der Waals surface area (Å²) in [5, 5.41) is 1.02. The number of carbonyl (C=O) groups is 1. The molecule has 0 radical (unpaired) electrons. The largest absolute Gasteiger partial charge is 0.370 e. The van der Waals surface area contributed by atoms with E-state index in [0.717, 1.165) is 18.5 Å². The van der Waals surface area contributed by atoms with Gasteiger partial charge >= 0.3 is 0 Å². The average Bonchev–Trinajstić information content (AvgIpc) is 3.11. The number of ether oxygens (including phenoxy) is 1. The monoisotopic (exact) mass is 367 g/mol. The number of aryl methyl sites for hydroxylation is 1. The van der Waals surface area contributed by atoms with Gasteiger partial charge in [-0.1, -0.05) is 29.3 Å². The van der Waals surface area contributed by atoms with Gasteiger partial charge in [-0.3, -0.25) is 4.79 Å². The first-order valence-electron chi connectivity index (χ1n) is 7.93. The van der Waals surface area contributed by atoms with E-state index in [1.807, 2.05) is 27.8 Å². The van der Waals surface area contributed by atoms with Crippen molar-refractivity contribution in [3.63, 3.8) is 0 Å². The van der Waals surface area contributed by atoms with E-state index in [-0.39, 0.29) is 12.0 Å². The van der Waals surface area contributed by atoms with Crippen LogP contribution in [0.25, 0.3) is 0 Å². The molecule has 2 heterocycles. The molecule has 1 aromatic heterocycles. The van der Waals surface area contributed by atoms with Crippen LogP contribution in [-0.2, 0) is 16.1 Å². The number of amides is 1. The zero-order chi connectivity index (χ0) is 16.9. The van der Waals surface area contributed by atoms with E-state index in [0.29, 0.717) is 36.2 Å². The molecule has 3 rings (SSSR count). The van der Waals surface area contributed by atoms with Crippen molar-refractivity contribution in [1.82, 2.24) is 14.5 Å². The topological polar surface area (TPSA) is 47.4 Å². The van der Waals surface area contributed by atoms with E-state index in [1.54, 1.807) is 18.6 Å². The molecule has 1 atom stereocenters. The maximum atomic E-state index is 12.4. The molecule has 0 aliphatic carbocycles. The maximum absolute atomic E-state index is 12.4. The maximum Gasteiger partial charge on any atom is 0.222 e. The van der Waals surface area contributed by atoms with Crippen molar-refractivity contribution in [1.29, 1.82) is 0 Å². The Bertz CT molecular complexity index is 691. The Morgan fingerprint density at radius 2 is 2.21 bits per heavy atom. The third-order valence-corrected chi connectivity index (χ3v) is 4.84. The highest BCUT2D eigenvalue weighted by Crippen LogP contribution is 2.29. The van der Waals surface area contributed by atoms with Crippen molar-refractivity contribution < 1.29 is 9.53 Å². The predicted molar refractivity (Wildman–Crippen MR) is 93.2 cm³/mol. The minimum absolute atomic E-state index is 0.156. The molecule has 0 N–H and O–H groups in total. The van der Waals surface area contributed by atoms with Crippen LogP contribution < -0.4 is 0 Å². The molecule has 1 unspecified atom stereocenters. The second kappa shape index (κ2) is 8.01. The Labute approximate surface area is 151 Å². The summed E-state index contributed by atoms with van der Waals surface area (Å²) < 4.78 is 7.77. The van der Waals surface area contributed by atoms with Crippen molar-refractivity contribution in [3.05, 3.63) is 52.5 Å². The molecule has 2 aromatic rings. The smallest absolute Gasteiger partial charge is 0.222 e. The fourth-order valence-corrected chi connectivity index (χ4v) is 3.09. The fourth-order valence-electron chi connectivity index (χ4n) is 2.78. The number of rotatable bonds is 5. The van der Waals surface area contributed by atoms with Gasteiger partial charge in [0.15, 0.2) is 0 Å². The van der Waals surface area contributed by atoms with Crippen LogP contribution in [0.5, 0.6) is 0 Å². The van der Waals surface area contributed by atoms with Gasteiger partial charge in [0, 0.05) is 31.9 Å². The van der Waals surface area contributed by atoms with Crippen LogP contribution in [0.15, 0.2) is 36.9 Å². The van der Waals surface area contributed by atoms with Crippen LogP contribution in [0.4, 0.5) is 0 Å². The fraction of sp³-hybridized carbons (Fsp3) is 0.412. The lowest BCUT2D eigenvalue weighted by atomic mass is 10.1. The summed E-state index contributed by atoms with van der Waals surface area (Å²) in [5.41, 5.74) is 0.945. The number of hydrogen-bond donors (Lipinski definition) is 0. The summed E-state index contributed by atoms with van der Waals surface area (Å²) in [6.07, 6.45) is 6.56. The number of morpholine rings is 1. The van der Waals surface area contributed by atoms with Gasteiger partial charge in [-0.05, 0) is 24.1 Å². The van der Waals surface area contributed by atoms with Gasteiger partial charge in [0.2, 0.25) is 5.91 Å². The number of nitrogens with zero attached hydrogens (tertiary/aromatic N) is 3. The highest BCUT2D eigenvalue weighted by molar-refractivity contribution is 6.42. The standard InChI is InChI=1S/C17H19Cl2N3O2/c18-14-4-3-13(10-15(14)19)16-11-22(8-9-24-16)17(23)2-1-6-21-7-5-20-12-21/h3-5,7,10,12,16H,1-2,6,8-9,11H2. The highest BCUT2D eigenvalue weighted by atomic mass is 35.5. The van der Waals surface area contributed by atoms with E-state index >= 15 is 0 Å². The molecule has 1 aliphatic rings. The Kier molecular flexibility index (Phi) is 5.76. The van der Waals surface area contributed by atoms with E-state index in [2.05, 4.69) is 4.98 Å². The normalized spacial score (nSPS) is 17.9. The highest BCUT2D eigenvalue weighted by Gasteiger charge is 2.25. The van der Waals surface area contributed by atoms with Gasteiger partial charge in [0.1, 0.15) is 6.10 Å². The molecular formula is C17H19Cl2N3O2. The van der Waals surface area contributed by atoms with Crippen LogP contribution in [0.3, 0.4) is 0 Å². The number of hydrogen-bond acceptors (Lipinski definition) is 3. The first-order chi connectivity index (χ1) is 11.6. The first-order valence-corrected chi connectivity index (χ1v) is 8.69. The Morgan fingerprint density at radius 3 is 2.96 bits per heavy atom. The number of aromatic nitrogens is 2. The van der Waals surface area contributed by atoms with Crippen LogP contribution in [-0.4, -0.2) is 40.1 Å². The van der Waals surface area contributed by atoms with Gasteiger partial charge in [0.05, 0.1) is 29.5 Å². The van der Waals surface area contributed by atoms with Crippen LogP contribution in [0, 0.1) is 0 Å². The molecule has 0 bridgehead atoms. The Balaban J connectivity index is 1.54. The lowest BCUT2D eigenvalue weighted by Crippen LogP contribution is -2.42. The van der Waals surface area contributed by atoms with Gasteiger partial charge in [-0.15, -0.1) is 0 Å². The van der Waals surface area contributed by atoms with Gasteiger partial charge in [-0.25, -0.2) is 4.98 Å². The zero-order valence-corrected chi connectivity index (χ0v) is 14.7. The number of benzene rings is 1. The van der Waals surface area contributed by atoms with Gasteiger partial charge in [-0.2, -0.15) is 0 Å². The molecule has 1 aromatic carbocycles. The molecule has 1 aliphatic heterocycles. The molecule has 128 valence electrons. The molecule has 1 fully saturated rings. The summed E-state index contributed by atoms with van der Waals surface area (Å²) in [7, 11) is 0. The van der Waals surface area contributed by atoms with E-state index < -0.39 is 0 Å². The lowest BCUT2D eigenvalue weighted by Gasteiger charge is -2.33. The molecule has 0 saturated carbocycles. The molecular weight excluding hydrogens is 349 g/mol. The third-order valence-electron chi connectivity index (χ3n) is 4.10. The predicted octanol–water partition coefficient (Wildman–Crippen LogP) is 3.57. The van der Waals surface area contributed by atoms with Crippen molar-refractivity contribution in [2.24, 2.45) is 0 Å². The summed E-state index contributed by atoms with van der Waals surface area (Å²) in [6, 6.07) is 5.46. The Hall–Kier alpha value is -1.56. The van der Waals surface area contributed by atoms with Crippen LogP contribution in [0.1, 0.15) is 24.5 Å². The minimum Gasteiger partial charge on any atom is -0.370 e. The lowest BCUT2D eigenvalue weighted by molar-refractivity contribution is -0.139. The molecule has 7 heteroatoms. The molecule has 1 saturated heterocycles. The molecule has 24 heavy (non-hydrogen) atoms. The number of carbonyl (C=O) groups excluding carboxylic acids is 1. The number of imidazole rings is 1. The van der Waals surface area contributed by atoms with E-state index in [9.17, 15) is 4.79 Å². The third kappa shape index (κ3) is 4.29. The van der Waals surface area contributed by atoms with Crippen LogP contribution in [0.2, 0.25) is 10.0 Å². The second-order valence-electron chi connectivity index (χ2n) is 5.78. The summed E-state index contributed by atoms with van der Waals surface area (Å²) in [6.45, 7) is 2.49.